The summed E-state index contributed by atoms with van der Waals surface area (Å²) in [7, 11) is 0. The van der Waals surface area contributed by atoms with Gasteiger partial charge in [0, 0.05) is 9.35 Å². The molecule has 0 saturated carbocycles. The number of thiophene rings is 1. The summed E-state index contributed by atoms with van der Waals surface area (Å²) in [6.07, 6.45) is 3.62. The Hall–Kier alpha value is -2.52. The summed E-state index contributed by atoms with van der Waals surface area (Å²) in [5, 5.41) is 3.20. The number of ketones is 1. The van der Waals surface area contributed by atoms with Gasteiger partial charge in [0.05, 0.1) is 16.8 Å². The van der Waals surface area contributed by atoms with Crippen molar-refractivity contribution < 1.29 is 19.2 Å². The monoisotopic (exact) mass is 489 g/mol. The predicted molar refractivity (Wildman–Crippen MR) is 118 cm³/mol. The van der Waals surface area contributed by atoms with E-state index in [1.54, 1.807) is 26.0 Å². The van der Waals surface area contributed by atoms with Gasteiger partial charge >= 0.3 is 0 Å². The standard InChI is InChI=1S/C21H20BrN3O4S/c1-9-7-11(22)8-13-16(9)25(21(29)17(13)26)10(2)19(28)24-20-15(18(23)27)12-5-3-4-6-14(12)30-20/h7-8,10H,3-6H2,1-2H3,(H2,23,27)(H,24,28). The number of carbonyl (C=O) groups is 4. The molecule has 3 N–H and O–H groups in total. The zero-order valence-electron chi connectivity index (χ0n) is 16.5. The maximum Gasteiger partial charge on any atom is 0.300 e. The lowest BCUT2D eigenvalue weighted by Gasteiger charge is -2.25. The molecule has 4 rings (SSSR count). The summed E-state index contributed by atoms with van der Waals surface area (Å²) in [6, 6.07) is 2.44. The zero-order valence-corrected chi connectivity index (χ0v) is 18.9. The first kappa shape index (κ1) is 20.7. The number of benzene rings is 1. The van der Waals surface area contributed by atoms with Gasteiger partial charge in [-0.25, -0.2) is 0 Å². The van der Waals surface area contributed by atoms with Crippen LogP contribution in [0.4, 0.5) is 10.7 Å². The van der Waals surface area contributed by atoms with Gasteiger partial charge in [-0.2, -0.15) is 0 Å². The Morgan fingerprint density at radius 1 is 1.23 bits per heavy atom. The van der Waals surface area contributed by atoms with Gasteiger partial charge in [0.2, 0.25) is 5.91 Å². The second-order valence-electron chi connectivity index (χ2n) is 7.57. The van der Waals surface area contributed by atoms with Gasteiger partial charge in [0.15, 0.2) is 0 Å². The van der Waals surface area contributed by atoms with Crippen LogP contribution < -0.4 is 16.0 Å². The minimum Gasteiger partial charge on any atom is -0.365 e. The first-order chi connectivity index (χ1) is 14.2. The van der Waals surface area contributed by atoms with E-state index in [9.17, 15) is 19.2 Å². The molecule has 156 valence electrons. The lowest BCUT2D eigenvalue weighted by atomic mass is 9.95. The number of rotatable bonds is 4. The molecule has 9 heteroatoms. The molecule has 0 saturated heterocycles. The molecule has 0 bridgehead atoms. The van der Waals surface area contributed by atoms with E-state index in [0.29, 0.717) is 26.3 Å². The van der Waals surface area contributed by atoms with Gasteiger partial charge < -0.3 is 11.1 Å². The third-order valence-corrected chi connectivity index (χ3v) is 7.25. The highest BCUT2D eigenvalue weighted by Crippen LogP contribution is 2.39. The summed E-state index contributed by atoms with van der Waals surface area (Å²) in [5.41, 5.74) is 8.30. The Bertz CT molecular complexity index is 1120. The van der Waals surface area contributed by atoms with Crippen molar-refractivity contribution in [2.45, 2.75) is 45.6 Å². The van der Waals surface area contributed by atoms with Crippen LogP contribution in [0.25, 0.3) is 0 Å². The number of amides is 3. The topological polar surface area (TPSA) is 110 Å². The van der Waals surface area contributed by atoms with Crippen molar-refractivity contribution in [2.24, 2.45) is 5.73 Å². The van der Waals surface area contributed by atoms with Crippen LogP contribution >= 0.6 is 27.3 Å². The lowest BCUT2D eigenvalue weighted by molar-refractivity contribution is -0.120. The third-order valence-electron chi connectivity index (χ3n) is 5.59. The van der Waals surface area contributed by atoms with Crippen molar-refractivity contribution in [3.63, 3.8) is 0 Å². The van der Waals surface area contributed by atoms with Crippen LogP contribution in [0, 0.1) is 6.92 Å². The smallest absolute Gasteiger partial charge is 0.300 e. The van der Waals surface area contributed by atoms with Crippen LogP contribution in [-0.2, 0) is 22.4 Å². The molecule has 0 radical (unpaired) electrons. The van der Waals surface area contributed by atoms with Crippen molar-refractivity contribution in [3.8, 4) is 0 Å². The number of aryl methyl sites for hydroxylation is 2. The second kappa shape index (κ2) is 7.63. The average Bonchev–Trinajstić information content (AvgIpc) is 3.17. The first-order valence-electron chi connectivity index (χ1n) is 9.64. The molecule has 1 atom stereocenters. The number of Topliss-reactive ketones (excluding diaryl/α,β-unsaturated/α-hetero) is 1. The van der Waals surface area contributed by atoms with Crippen LogP contribution in [0.3, 0.4) is 0 Å². The summed E-state index contributed by atoms with van der Waals surface area (Å²) in [6.45, 7) is 3.35. The van der Waals surface area contributed by atoms with Gasteiger partial charge in [-0.1, -0.05) is 15.9 Å². The highest BCUT2D eigenvalue weighted by Gasteiger charge is 2.42. The van der Waals surface area contributed by atoms with Crippen LogP contribution in [0.2, 0.25) is 0 Å². The molecule has 7 nitrogen and oxygen atoms in total. The molecule has 2 heterocycles. The van der Waals surface area contributed by atoms with E-state index in [1.807, 2.05) is 0 Å². The molecule has 0 spiro atoms. The molecule has 1 aliphatic heterocycles. The minimum absolute atomic E-state index is 0.274. The SMILES string of the molecule is Cc1cc(Br)cc2c1N(C(C)C(=O)Nc1sc3c(c1C(N)=O)CCCC3)C(=O)C2=O. The van der Waals surface area contributed by atoms with E-state index in [4.69, 9.17) is 5.73 Å². The molecule has 1 aromatic carbocycles. The molecule has 30 heavy (non-hydrogen) atoms. The van der Waals surface area contributed by atoms with Gasteiger partial charge in [-0.05, 0) is 62.8 Å². The summed E-state index contributed by atoms with van der Waals surface area (Å²) >= 11 is 4.70. The van der Waals surface area contributed by atoms with Crippen molar-refractivity contribution in [3.05, 3.63) is 43.7 Å². The van der Waals surface area contributed by atoms with E-state index < -0.39 is 29.5 Å². The van der Waals surface area contributed by atoms with E-state index >= 15 is 0 Å². The highest BCUT2D eigenvalue weighted by molar-refractivity contribution is 9.10. The fraction of sp³-hybridized carbons (Fsp3) is 0.333. The second-order valence-corrected chi connectivity index (χ2v) is 9.59. The maximum atomic E-state index is 13.1. The van der Waals surface area contributed by atoms with Crippen LogP contribution in [0.15, 0.2) is 16.6 Å². The molecular weight excluding hydrogens is 470 g/mol. The predicted octanol–water partition coefficient (Wildman–Crippen LogP) is 3.35. The Morgan fingerprint density at radius 2 is 1.93 bits per heavy atom. The number of primary amides is 1. The Labute approximate surface area is 185 Å². The van der Waals surface area contributed by atoms with Crippen LogP contribution in [0.5, 0.6) is 0 Å². The molecule has 0 fully saturated rings. The number of anilines is 2. The number of hydrogen-bond acceptors (Lipinski definition) is 5. The zero-order chi connectivity index (χ0) is 21.7. The van der Waals surface area contributed by atoms with Crippen LogP contribution in [-0.4, -0.2) is 29.5 Å². The Balaban J connectivity index is 1.67. The van der Waals surface area contributed by atoms with Crippen molar-refractivity contribution in [2.75, 3.05) is 10.2 Å². The Morgan fingerprint density at radius 3 is 2.63 bits per heavy atom. The summed E-state index contributed by atoms with van der Waals surface area (Å²) < 4.78 is 0.689. The number of fused-ring (bicyclic) bond motifs is 2. The van der Waals surface area contributed by atoms with Gasteiger partial charge in [-0.15, -0.1) is 11.3 Å². The number of nitrogens with one attached hydrogen (secondary N) is 1. The average molecular weight is 490 g/mol. The van der Waals surface area contributed by atoms with Crippen molar-refractivity contribution in [1.29, 1.82) is 0 Å². The number of nitrogens with zero attached hydrogens (tertiary/aromatic N) is 1. The highest BCUT2D eigenvalue weighted by atomic mass is 79.9. The lowest BCUT2D eigenvalue weighted by Crippen LogP contribution is -2.45. The Kier molecular flexibility index (Phi) is 5.27. The molecule has 1 aliphatic carbocycles. The molecule has 2 aliphatic rings. The van der Waals surface area contributed by atoms with E-state index in [2.05, 4.69) is 21.2 Å². The molecule has 3 amide bonds. The fourth-order valence-corrected chi connectivity index (χ4v) is 6.04. The number of hydrogen-bond donors (Lipinski definition) is 2. The first-order valence-corrected chi connectivity index (χ1v) is 11.2. The number of halogens is 1. The summed E-state index contributed by atoms with van der Waals surface area (Å²) in [4.78, 5) is 52.6. The third kappa shape index (κ3) is 3.26. The molecule has 1 aromatic heterocycles. The molecule has 1 unspecified atom stereocenters. The normalized spacial score (nSPS) is 16.3. The number of carbonyl (C=O) groups excluding carboxylic acids is 4. The number of nitrogens with two attached hydrogens (primary N) is 1. The summed E-state index contributed by atoms with van der Waals surface area (Å²) in [5.74, 6) is -2.43. The molecule has 2 aromatic rings. The van der Waals surface area contributed by atoms with Crippen molar-refractivity contribution >= 4 is 61.5 Å². The minimum atomic E-state index is -0.942. The quantitative estimate of drug-likeness (QED) is 0.641. The van der Waals surface area contributed by atoms with Crippen LogP contribution in [0.1, 0.15) is 56.5 Å². The fourth-order valence-electron chi connectivity index (χ4n) is 4.17. The molecular formula is C21H20BrN3O4S. The van der Waals surface area contributed by atoms with Gasteiger partial charge in [0.25, 0.3) is 17.6 Å². The maximum absolute atomic E-state index is 13.1. The van der Waals surface area contributed by atoms with E-state index in [0.717, 1.165) is 36.1 Å². The van der Waals surface area contributed by atoms with Crippen molar-refractivity contribution in [1.82, 2.24) is 0 Å². The van der Waals surface area contributed by atoms with E-state index in [-0.39, 0.29) is 5.56 Å². The van der Waals surface area contributed by atoms with E-state index in [1.165, 1.54) is 16.2 Å². The largest absolute Gasteiger partial charge is 0.365 e. The van der Waals surface area contributed by atoms with Gasteiger partial charge in [0.1, 0.15) is 11.0 Å². The van der Waals surface area contributed by atoms with Gasteiger partial charge in [-0.3, -0.25) is 24.1 Å².